The van der Waals surface area contributed by atoms with E-state index >= 15 is 0 Å². The van der Waals surface area contributed by atoms with Crippen LogP contribution in [0.4, 0.5) is 0 Å². The summed E-state index contributed by atoms with van der Waals surface area (Å²) in [5, 5.41) is 0. The van der Waals surface area contributed by atoms with E-state index in [2.05, 4.69) is 6.92 Å². The van der Waals surface area contributed by atoms with E-state index in [9.17, 15) is 8.42 Å². The van der Waals surface area contributed by atoms with Crippen LogP contribution in [0, 0.1) is 5.92 Å². The first-order chi connectivity index (χ1) is 7.00. The Morgan fingerprint density at radius 2 is 1.33 bits per heavy atom. The van der Waals surface area contributed by atoms with Gasteiger partial charge in [-0.1, -0.05) is 34.6 Å². The summed E-state index contributed by atoms with van der Waals surface area (Å²) in [4.78, 5) is 0. The van der Waals surface area contributed by atoms with Crippen LogP contribution in [0.1, 0.15) is 47.5 Å². The van der Waals surface area contributed by atoms with E-state index in [0.29, 0.717) is 19.0 Å². The fraction of sp³-hybridized carbons (Fsp3) is 1.00. The molecule has 0 amide bonds. The topological polar surface area (TPSA) is 37.4 Å². The summed E-state index contributed by atoms with van der Waals surface area (Å²) in [5.74, 6) is 0.688. The predicted molar refractivity (Wildman–Crippen MR) is 67.5 cm³/mol. The van der Waals surface area contributed by atoms with Crippen LogP contribution in [-0.4, -0.2) is 32.1 Å². The Bertz CT molecular complexity index is 217. The quantitative estimate of drug-likeness (QED) is 0.703. The highest BCUT2D eigenvalue weighted by Gasteiger charge is 2.21. The van der Waals surface area contributed by atoms with Crippen molar-refractivity contribution in [1.82, 2.24) is 4.31 Å². The van der Waals surface area contributed by atoms with Crippen LogP contribution in [-0.2, 0) is 10.0 Å². The van der Waals surface area contributed by atoms with Gasteiger partial charge in [0, 0.05) is 13.1 Å². The van der Waals surface area contributed by atoms with Crippen LogP contribution in [0.3, 0.4) is 0 Å². The van der Waals surface area contributed by atoms with Gasteiger partial charge in [-0.15, -0.1) is 0 Å². The van der Waals surface area contributed by atoms with Crippen LogP contribution in [0.15, 0.2) is 0 Å². The molecule has 0 aliphatic carbocycles. The van der Waals surface area contributed by atoms with Crippen molar-refractivity contribution in [2.24, 2.45) is 5.92 Å². The average Bonchev–Trinajstić information content (AvgIpc) is 2.23. The van der Waals surface area contributed by atoms with Gasteiger partial charge in [-0.3, -0.25) is 0 Å². The summed E-state index contributed by atoms with van der Waals surface area (Å²) in [5.41, 5.74) is 0. The van der Waals surface area contributed by atoms with Crippen LogP contribution in [0.2, 0.25) is 0 Å². The highest BCUT2D eigenvalue weighted by atomic mass is 32.2. The third-order valence-electron chi connectivity index (χ3n) is 2.21. The molecule has 1 heterocycles. The third-order valence-corrected chi connectivity index (χ3v) is 3.51. The molecule has 0 unspecified atom stereocenters. The molecule has 0 aromatic rings. The van der Waals surface area contributed by atoms with E-state index in [1.165, 1.54) is 6.26 Å². The highest BCUT2D eigenvalue weighted by Crippen LogP contribution is 2.17. The summed E-state index contributed by atoms with van der Waals surface area (Å²) in [7, 11) is -2.92. The van der Waals surface area contributed by atoms with Crippen LogP contribution >= 0.6 is 0 Å². The number of nitrogens with zero attached hydrogens (tertiary/aromatic N) is 1. The molecule has 15 heavy (non-hydrogen) atoms. The zero-order chi connectivity index (χ0) is 12.5. The molecule has 1 fully saturated rings. The number of rotatable bonds is 1. The van der Waals surface area contributed by atoms with Gasteiger partial charge in [0.25, 0.3) is 0 Å². The smallest absolute Gasteiger partial charge is 0.211 e. The molecule has 94 valence electrons. The molecule has 0 bridgehead atoms. The first-order valence-corrected chi connectivity index (χ1v) is 7.80. The largest absolute Gasteiger partial charge is 0.213 e. The third kappa shape index (κ3) is 7.79. The lowest BCUT2D eigenvalue weighted by molar-refractivity contribution is 0.289. The maximum absolute atomic E-state index is 11.0. The maximum Gasteiger partial charge on any atom is 0.211 e. The Labute approximate surface area is 95.9 Å². The molecular formula is C11H27NO2S. The van der Waals surface area contributed by atoms with Crippen molar-refractivity contribution in [2.45, 2.75) is 47.5 Å². The van der Waals surface area contributed by atoms with Crippen molar-refractivity contribution in [3.8, 4) is 0 Å². The van der Waals surface area contributed by atoms with E-state index < -0.39 is 10.0 Å². The molecule has 0 aromatic heterocycles. The predicted octanol–water partition coefficient (Wildman–Crippen LogP) is 2.73. The van der Waals surface area contributed by atoms with Gasteiger partial charge < -0.3 is 0 Å². The van der Waals surface area contributed by atoms with Gasteiger partial charge in [-0.25, -0.2) is 12.7 Å². The molecule has 1 aliphatic heterocycles. The summed E-state index contributed by atoms with van der Waals surface area (Å²) in [6.07, 6.45) is 3.29. The van der Waals surface area contributed by atoms with Crippen molar-refractivity contribution in [3.63, 3.8) is 0 Å². The van der Waals surface area contributed by atoms with Crippen molar-refractivity contribution >= 4 is 10.0 Å². The molecule has 0 N–H and O–H groups in total. The van der Waals surface area contributed by atoms with E-state index in [1.807, 2.05) is 27.7 Å². The lowest BCUT2D eigenvalue weighted by Crippen LogP contribution is -2.37. The number of piperidine rings is 1. The second kappa shape index (κ2) is 9.16. The zero-order valence-electron chi connectivity index (χ0n) is 11.1. The second-order valence-electron chi connectivity index (χ2n) is 3.34. The molecular weight excluding hydrogens is 210 g/mol. The fourth-order valence-corrected chi connectivity index (χ4v) is 2.19. The lowest BCUT2D eigenvalue weighted by atomic mass is 10.0. The summed E-state index contributed by atoms with van der Waals surface area (Å²) in [6, 6.07) is 0. The van der Waals surface area contributed by atoms with Gasteiger partial charge in [-0.05, 0) is 18.8 Å². The van der Waals surface area contributed by atoms with Gasteiger partial charge in [0.05, 0.1) is 6.26 Å². The molecule has 0 radical (unpaired) electrons. The van der Waals surface area contributed by atoms with Crippen molar-refractivity contribution in [2.75, 3.05) is 19.3 Å². The molecule has 0 spiro atoms. The summed E-state index contributed by atoms with van der Waals surface area (Å²) < 4.78 is 23.6. The van der Waals surface area contributed by atoms with Crippen molar-refractivity contribution in [3.05, 3.63) is 0 Å². The molecule has 1 rings (SSSR count). The molecule has 1 aliphatic rings. The number of hydrogen-bond acceptors (Lipinski definition) is 2. The average molecular weight is 237 g/mol. The SMILES string of the molecule is CC.CC.CC1CCN(S(C)(=O)=O)CC1. The van der Waals surface area contributed by atoms with E-state index in [-0.39, 0.29) is 0 Å². The van der Waals surface area contributed by atoms with Gasteiger partial charge in [0.1, 0.15) is 0 Å². The monoisotopic (exact) mass is 237 g/mol. The summed E-state index contributed by atoms with van der Waals surface area (Å²) in [6.45, 7) is 11.6. The molecule has 3 nitrogen and oxygen atoms in total. The van der Waals surface area contributed by atoms with E-state index in [4.69, 9.17) is 0 Å². The number of sulfonamides is 1. The van der Waals surface area contributed by atoms with Crippen LogP contribution in [0.25, 0.3) is 0 Å². The molecule has 1 saturated heterocycles. The Hall–Kier alpha value is -0.0900. The fourth-order valence-electron chi connectivity index (χ4n) is 1.32. The van der Waals surface area contributed by atoms with Gasteiger partial charge in [0.15, 0.2) is 0 Å². The Morgan fingerprint density at radius 3 is 1.60 bits per heavy atom. The van der Waals surface area contributed by atoms with Crippen molar-refractivity contribution < 1.29 is 8.42 Å². The van der Waals surface area contributed by atoms with E-state index in [1.54, 1.807) is 4.31 Å². The molecule has 0 saturated carbocycles. The number of hydrogen-bond donors (Lipinski definition) is 0. The maximum atomic E-state index is 11.0. The lowest BCUT2D eigenvalue weighted by Gasteiger charge is -2.27. The molecule has 0 atom stereocenters. The standard InChI is InChI=1S/C7H15NO2S.2C2H6/c1-7-3-5-8(6-4-7)11(2,9)10;2*1-2/h7H,3-6H2,1-2H3;2*1-2H3. The minimum atomic E-state index is -2.92. The van der Waals surface area contributed by atoms with Crippen molar-refractivity contribution in [1.29, 1.82) is 0 Å². The van der Waals surface area contributed by atoms with E-state index in [0.717, 1.165) is 12.8 Å². The van der Waals surface area contributed by atoms with Gasteiger partial charge in [-0.2, -0.15) is 0 Å². The Morgan fingerprint density at radius 1 is 1.00 bits per heavy atom. The normalized spacial score (nSPS) is 18.3. The minimum absolute atomic E-state index is 0.688. The van der Waals surface area contributed by atoms with Crippen LogP contribution in [0.5, 0.6) is 0 Å². The first-order valence-electron chi connectivity index (χ1n) is 5.95. The Kier molecular flexibility index (Phi) is 10.6. The Balaban J connectivity index is 0. The molecule has 4 heteroatoms. The second-order valence-corrected chi connectivity index (χ2v) is 5.33. The zero-order valence-corrected chi connectivity index (χ0v) is 11.9. The van der Waals surface area contributed by atoms with Gasteiger partial charge in [0.2, 0.25) is 10.0 Å². The van der Waals surface area contributed by atoms with Gasteiger partial charge >= 0.3 is 0 Å². The summed E-state index contributed by atoms with van der Waals surface area (Å²) >= 11 is 0. The van der Waals surface area contributed by atoms with Crippen LogP contribution < -0.4 is 0 Å². The minimum Gasteiger partial charge on any atom is -0.213 e. The molecule has 0 aromatic carbocycles. The first kappa shape index (κ1) is 17.3. The highest BCUT2D eigenvalue weighted by molar-refractivity contribution is 7.88.